The normalized spacial score (nSPS) is 12.2. The second-order valence-corrected chi connectivity index (χ2v) is 4.03. The number of aliphatic imine (C=N–C) groups is 1. The lowest BCUT2D eigenvalue weighted by Gasteiger charge is -2.03. The number of nitrogens with two attached hydrogens (primary N) is 1. The van der Waals surface area contributed by atoms with Crippen LogP contribution >= 0.6 is 11.3 Å². The van der Waals surface area contributed by atoms with E-state index < -0.39 is 0 Å². The molecule has 0 aromatic carbocycles. The Hall–Kier alpha value is -0.940. The van der Waals surface area contributed by atoms with Crippen molar-refractivity contribution in [2.45, 2.75) is 26.8 Å². The molecule has 0 spiro atoms. The van der Waals surface area contributed by atoms with Gasteiger partial charge in [-0.2, -0.15) is 0 Å². The van der Waals surface area contributed by atoms with E-state index in [1.54, 1.807) is 11.3 Å². The molecule has 0 saturated carbocycles. The average molecular weight is 198 g/mol. The third kappa shape index (κ3) is 2.78. The smallest absolute Gasteiger partial charge is 0.162 e. The summed E-state index contributed by atoms with van der Waals surface area (Å²) < 4.78 is 0. The van der Waals surface area contributed by atoms with Crippen molar-refractivity contribution in [3.8, 4) is 0 Å². The highest BCUT2D eigenvalue weighted by atomic mass is 32.1. The van der Waals surface area contributed by atoms with Gasteiger partial charge in [-0.05, 0) is 20.8 Å². The Balaban J connectivity index is 2.90. The zero-order valence-corrected chi connectivity index (χ0v) is 8.85. The average Bonchev–Trinajstić information content (AvgIpc) is 2.47. The van der Waals surface area contributed by atoms with E-state index in [1.165, 1.54) is 0 Å². The topological polar surface area (TPSA) is 63.3 Å². The van der Waals surface area contributed by atoms with Gasteiger partial charge in [0.25, 0.3) is 0 Å². The summed E-state index contributed by atoms with van der Waals surface area (Å²) in [6, 6.07) is 0.216. The third-order valence-corrected chi connectivity index (χ3v) is 2.16. The maximum atomic E-state index is 5.35. The predicted octanol–water partition coefficient (Wildman–Crippen LogP) is 1.07. The maximum absolute atomic E-state index is 5.35. The number of aryl methyl sites for hydroxylation is 1. The highest BCUT2D eigenvalue weighted by Crippen LogP contribution is 2.08. The van der Waals surface area contributed by atoms with Crippen molar-refractivity contribution in [3.63, 3.8) is 0 Å². The van der Waals surface area contributed by atoms with Crippen LogP contribution < -0.4 is 11.3 Å². The Labute approximate surface area is 81.9 Å². The van der Waals surface area contributed by atoms with Gasteiger partial charge in [0.1, 0.15) is 5.69 Å². The minimum Gasteiger partial charge on any atom is -0.307 e. The Bertz CT molecular complexity index is 303. The van der Waals surface area contributed by atoms with Crippen molar-refractivity contribution >= 4 is 17.2 Å². The number of aromatic nitrogens is 1. The number of rotatable bonds is 2. The monoisotopic (exact) mass is 198 g/mol. The standard InChI is InChI=1S/C8H14N4S/c1-5(2)10-8(12-9)7-4-13-6(3)11-7/h4-5H,9H2,1-3H3,(H,10,12). The fraction of sp³-hybridized carbons (Fsp3) is 0.500. The van der Waals surface area contributed by atoms with Crippen LogP contribution in [0.15, 0.2) is 10.4 Å². The summed E-state index contributed by atoms with van der Waals surface area (Å²) in [5.74, 6) is 6.00. The Morgan fingerprint density at radius 2 is 2.38 bits per heavy atom. The molecule has 0 atom stereocenters. The molecule has 3 N–H and O–H groups in total. The van der Waals surface area contributed by atoms with E-state index >= 15 is 0 Å². The zero-order valence-electron chi connectivity index (χ0n) is 8.03. The Kier molecular flexibility index (Phi) is 3.39. The predicted molar refractivity (Wildman–Crippen MR) is 55.8 cm³/mol. The lowest BCUT2D eigenvalue weighted by atomic mass is 10.4. The molecule has 1 aromatic heterocycles. The summed E-state index contributed by atoms with van der Waals surface area (Å²) in [6.45, 7) is 5.95. The number of nitrogens with one attached hydrogen (secondary N) is 1. The molecule has 0 aliphatic heterocycles. The van der Waals surface area contributed by atoms with Crippen LogP contribution in [0.25, 0.3) is 0 Å². The first-order chi connectivity index (χ1) is 6.13. The molecule has 0 aliphatic carbocycles. The first kappa shape index (κ1) is 10.1. The van der Waals surface area contributed by atoms with E-state index in [9.17, 15) is 0 Å². The quantitative estimate of drug-likeness (QED) is 0.323. The minimum atomic E-state index is 0.216. The van der Waals surface area contributed by atoms with Crippen LogP contribution in [0, 0.1) is 6.92 Å². The summed E-state index contributed by atoms with van der Waals surface area (Å²) in [5, 5.41) is 2.96. The molecule has 1 heterocycles. The SMILES string of the molecule is Cc1nc(C(=NC(C)C)NN)cs1. The second-order valence-electron chi connectivity index (χ2n) is 2.97. The first-order valence-electron chi connectivity index (χ1n) is 4.10. The van der Waals surface area contributed by atoms with E-state index in [0.717, 1.165) is 10.7 Å². The molecular weight excluding hydrogens is 184 g/mol. The molecule has 0 fully saturated rings. The minimum absolute atomic E-state index is 0.216. The van der Waals surface area contributed by atoms with Crippen LogP contribution in [0.3, 0.4) is 0 Å². The number of hydrogen-bond acceptors (Lipinski definition) is 4. The van der Waals surface area contributed by atoms with Crippen molar-refractivity contribution < 1.29 is 0 Å². The molecule has 13 heavy (non-hydrogen) atoms. The number of thiazole rings is 1. The third-order valence-electron chi connectivity index (χ3n) is 1.39. The van der Waals surface area contributed by atoms with Gasteiger partial charge in [-0.1, -0.05) is 0 Å². The zero-order chi connectivity index (χ0) is 9.84. The van der Waals surface area contributed by atoms with Crippen molar-refractivity contribution in [3.05, 3.63) is 16.1 Å². The Morgan fingerprint density at radius 1 is 1.69 bits per heavy atom. The summed E-state index contributed by atoms with van der Waals surface area (Å²) in [7, 11) is 0. The fourth-order valence-electron chi connectivity index (χ4n) is 0.908. The number of amidine groups is 1. The van der Waals surface area contributed by atoms with Gasteiger partial charge in [0.05, 0.1) is 5.01 Å². The van der Waals surface area contributed by atoms with Gasteiger partial charge < -0.3 is 5.43 Å². The van der Waals surface area contributed by atoms with Crippen LogP contribution in [0.4, 0.5) is 0 Å². The van der Waals surface area contributed by atoms with Gasteiger partial charge in [-0.15, -0.1) is 11.3 Å². The van der Waals surface area contributed by atoms with Gasteiger partial charge in [0.15, 0.2) is 5.84 Å². The molecule has 0 radical (unpaired) electrons. The van der Waals surface area contributed by atoms with E-state index in [1.807, 2.05) is 26.2 Å². The molecule has 0 unspecified atom stereocenters. The molecule has 0 aliphatic rings. The number of hydrazine groups is 1. The summed E-state index contributed by atoms with van der Waals surface area (Å²) >= 11 is 1.59. The highest BCUT2D eigenvalue weighted by molar-refractivity contribution is 7.09. The molecule has 5 heteroatoms. The van der Waals surface area contributed by atoms with Crippen LogP contribution in [0.2, 0.25) is 0 Å². The molecule has 0 bridgehead atoms. The van der Waals surface area contributed by atoms with Gasteiger partial charge in [0.2, 0.25) is 0 Å². The van der Waals surface area contributed by atoms with Gasteiger partial charge in [-0.3, -0.25) is 4.99 Å². The van der Waals surface area contributed by atoms with Crippen LogP contribution in [0.5, 0.6) is 0 Å². The molecule has 0 amide bonds. The van der Waals surface area contributed by atoms with E-state index in [-0.39, 0.29) is 6.04 Å². The number of nitrogens with zero attached hydrogens (tertiary/aromatic N) is 2. The van der Waals surface area contributed by atoms with Crippen LogP contribution in [0.1, 0.15) is 24.5 Å². The van der Waals surface area contributed by atoms with Crippen molar-refractivity contribution in [1.29, 1.82) is 0 Å². The Morgan fingerprint density at radius 3 is 2.77 bits per heavy atom. The van der Waals surface area contributed by atoms with Gasteiger partial charge in [-0.25, -0.2) is 10.8 Å². The van der Waals surface area contributed by atoms with Crippen molar-refractivity contribution in [2.24, 2.45) is 10.8 Å². The largest absolute Gasteiger partial charge is 0.307 e. The second kappa shape index (κ2) is 4.34. The summed E-state index contributed by atoms with van der Waals surface area (Å²) in [6.07, 6.45) is 0. The van der Waals surface area contributed by atoms with Crippen LogP contribution in [-0.4, -0.2) is 16.9 Å². The maximum Gasteiger partial charge on any atom is 0.162 e. The number of hydrogen-bond donors (Lipinski definition) is 2. The lowest BCUT2D eigenvalue weighted by Crippen LogP contribution is -2.32. The molecule has 0 saturated heterocycles. The molecule has 1 rings (SSSR count). The van der Waals surface area contributed by atoms with E-state index in [2.05, 4.69) is 15.4 Å². The summed E-state index contributed by atoms with van der Waals surface area (Å²) in [5.41, 5.74) is 3.38. The van der Waals surface area contributed by atoms with E-state index in [4.69, 9.17) is 5.84 Å². The molecule has 1 aromatic rings. The molecule has 72 valence electrons. The van der Waals surface area contributed by atoms with E-state index in [0.29, 0.717) is 5.84 Å². The molecule has 4 nitrogen and oxygen atoms in total. The van der Waals surface area contributed by atoms with Crippen LogP contribution in [-0.2, 0) is 0 Å². The lowest BCUT2D eigenvalue weighted by molar-refractivity contribution is 0.819. The van der Waals surface area contributed by atoms with Crippen molar-refractivity contribution in [2.75, 3.05) is 0 Å². The van der Waals surface area contributed by atoms with Gasteiger partial charge >= 0.3 is 0 Å². The van der Waals surface area contributed by atoms with Crippen molar-refractivity contribution in [1.82, 2.24) is 10.4 Å². The highest BCUT2D eigenvalue weighted by Gasteiger charge is 2.05. The fourth-order valence-corrected chi connectivity index (χ4v) is 1.51. The van der Waals surface area contributed by atoms with Gasteiger partial charge in [0, 0.05) is 11.4 Å². The molecular formula is C8H14N4S. The summed E-state index contributed by atoms with van der Waals surface area (Å²) in [4.78, 5) is 8.58. The first-order valence-corrected chi connectivity index (χ1v) is 4.98.